The molecule has 1 saturated heterocycles. The lowest BCUT2D eigenvalue weighted by Crippen LogP contribution is -2.41. The third kappa shape index (κ3) is 5.53. The minimum Gasteiger partial charge on any atom is -0.378 e. The number of rotatable bonds is 7. The molecule has 0 radical (unpaired) electrons. The Hall–Kier alpha value is -1.92. The number of nitrogens with one attached hydrogen (secondary N) is 1. The summed E-state index contributed by atoms with van der Waals surface area (Å²) in [6.07, 6.45) is 4.97. The van der Waals surface area contributed by atoms with Crippen molar-refractivity contribution in [1.29, 1.82) is 0 Å². The summed E-state index contributed by atoms with van der Waals surface area (Å²) in [6.45, 7) is 6.49. The van der Waals surface area contributed by atoms with E-state index in [0.717, 1.165) is 12.1 Å². The maximum absolute atomic E-state index is 12.5. The average Bonchev–Trinajstić information content (AvgIpc) is 3.25. The van der Waals surface area contributed by atoms with Gasteiger partial charge in [0.15, 0.2) is 0 Å². The van der Waals surface area contributed by atoms with Crippen LogP contribution in [0.2, 0.25) is 0 Å². The monoisotopic (exact) mass is 373 g/mol. The van der Waals surface area contributed by atoms with Crippen LogP contribution in [0, 0.1) is 0 Å². The van der Waals surface area contributed by atoms with Gasteiger partial charge in [-0.05, 0) is 37.1 Å². The van der Waals surface area contributed by atoms with Crippen molar-refractivity contribution < 1.29 is 14.3 Å². The van der Waals surface area contributed by atoms with E-state index in [1.54, 1.807) is 0 Å². The summed E-state index contributed by atoms with van der Waals surface area (Å²) in [7, 11) is 0. The highest BCUT2D eigenvalue weighted by Gasteiger charge is 2.23. The number of amides is 2. The first kappa shape index (κ1) is 19.8. The molecule has 1 aliphatic heterocycles. The van der Waals surface area contributed by atoms with Crippen molar-refractivity contribution in [3.63, 3.8) is 0 Å². The van der Waals surface area contributed by atoms with Crippen LogP contribution in [-0.4, -0.2) is 67.0 Å². The molecule has 1 heterocycles. The van der Waals surface area contributed by atoms with E-state index in [9.17, 15) is 9.59 Å². The molecule has 1 aliphatic carbocycles. The van der Waals surface area contributed by atoms with Gasteiger partial charge < -0.3 is 15.0 Å². The van der Waals surface area contributed by atoms with Gasteiger partial charge in [-0.15, -0.1) is 0 Å². The summed E-state index contributed by atoms with van der Waals surface area (Å²) >= 11 is 0. The van der Waals surface area contributed by atoms with E-state index in [0.29, 0.717) is 51.0 Å². The van der Waals surface area contributed by atoms with Crippen molar-refractivity contribution in [1.82, 2.24) is 15.1 Å². The van der Waals surface area contributed by atoms with Crippen LogP contribution in [0.1, 0.15) is 48.5 Å². The molecule has 0 aromatic heterocycles. The second-order valence-electron chi connectivity index (χ2n) is 7.38. The lowest BCUT2D eigenvalue weighted by molar-refractivity contribution is -0.122. The van der Waals surface area contributed by atoms with Gasteiger partial charge in [-0.3, -0.25) is 14.5 Å². The van der Waals surface area contributed by atoms with Gasteiger partial charge in [-0.2, -0.15) is 0 Å². The lowest BCUT2D eigenvalue weighted by Gasteiger charge is -2.27. The SMILES string of the molecule is CCN(CC(=O)NCc1ccc(C(=O)N2CCOCC2)cc1)C1CCCC1. The molecule has 1 aromatic rings. The Morgan fingerprint density at radius 3 is 2.44 bits per heavy atom. The van der Waals surface area contributed by atoms with E-state index in [-0.39, 0.29) is 11.8 Å². The number of morpholine rings is 1. The molecule has 6 heteroatoms. The largest absolute Gasteiger partial charge is 0.378 e. The van der Waals surface area contributed by atoms with Gasteiger partial charge in [0, 0.05) is 31.2 Å². The molecule has 0 unspecified atom stereocenters. The molecule has 2 fully saturated rings. The molecule has 2 amide bonds. The third-order valence-electron chi connectivity index (χ3n) is 5.58. The maximum Gasteiger partial charge on any atom is 0.254 e. The Morgan fingerprint density at radius 2 is 1.81 bits per heavy atom. The maximum atomic E-state index is 12.5. The molecular weight excluding hydrogens is 342 g/mol. The highest BCUT2D eigenvalue weighted by Crippen LogP contribution is 2.22. The van der Waals surface area contributed by atoms with E-state index in [2.05, 4.69) is 17.1 Å². The van der Waals surface area contributed by atoms with Crippen molar-refractivity contribution in [2.24, 2.45) is 0 Å². The van der Waals surface area contributed by atoms with E-state index in [1.807, 2.05) is 29.2 Å². The number of hydrogen-bond donors (Lipinski definition) is 1. The molecule has 27 heavy (non-hydrogen) atoms. The molecule has 0 spiro atoms. The fraction of sp³-hybridized carbons (Fsp3) is 0.619. The molecule has 2 aliphatic rings. The zero-order valence-corrected chi connectivity index (χ0v) is 16.3. The Bertz CT molecular complexity index is 620. The number of hydrogen-bond acceptors (Lipinski definition) is 4. The molecule has 148 valence electrons. The first-order valence-electron chi connectivity index (χ1n) is 10.1. The minimum absolute atomic E-state index is 0.0454. The van der Waals surface area contributed by atoms with Crippen LogP contribution in [0.4, 0.5) is 0 Å². The van der Waals surface area contributed by atoms with Crippen molar-refractivity contribution in [3.8, 4) is 0 Å². The zero-order valence-electron chi connectivity index (χ0n) is 16.3. The Kier molecular flexibility index (Phi) is 7.24. The van der Waals surface area contributed by atoms with Gasteiger partial charge in [-0.1, -0.05) is 31.9 Å². The lowest BCUT2D eigenvalue weighted by atomic mass is 10.1. The van der Waals surface area contributed by atoms with E-state index >= 15 is 0 Å². The van der Waals surface area contributed by atoms with Gasteiger partial charge in [0.05, 0.1) is 19.8 Å². The van der Waals surface area contributed by atoms with Gasteiger partial charge in [0.1, 0.15) is 0 Å². The molecule has 1 saturated carbocycles. The summed E-state index contributed by atoms with van der Waals surface area (Å²) in [4.78, 5) is 28.9. The van der Waals surface area contributed by atoms with Crippen LogP contribution >= 0.6 is 0 Å². The Labute approximate surface area is 161 Å². The summed E-state index contributed by atoms with van der Waals surface area (Å²) in [5.74, 6) is 0.112. The first-order chi connectivity index (χ1) is 13.2. The highest BCUT2D eigenvalue weighted by molar-refractivity contribution is 5.94. The van der Waals surface area contributed by atoms with E-state index < -0.39 is 0 Å². The predicted molar refractivity (Wildman–Crippen MR) is 105 cm³/mol. The summed E-state index contributed by atoms with van der Waals surface area (Å²) < 4.78 is 5.29. The smallest absolute Gasteiger partial charge is 0.254 e. The van der Waals surface area contributed by atoms with Crippen LogP contribution in [-0.2, 0) is 16.1 Å². The highest BCUT2D eigenvalue weighted by atomic mass is 16.5. The summed E-state index contributed by atoms with van der Waals surface area (Å²) in [5.41, 5.74) is 1.69. The molecule has 6 nitrogen and oxygen atoms in total. The predicted octanol–water partition coefficient (Wildman–Crippen LogP) is 2.04. The first-order valence-corrected chi connectivity index (χ1v) is 10.1. The number of nitrogens with zero attached hydrogens (tertiary/aromatic N) is 2. The normalized spacial score (nSPS) is 18.1. The van der Waals surface area contributed by atoms with Crippen molar-refractivity contribution >= 4 is 11.8 Å². The van der Waals surface area contributed by atoms with Crippen LogP contribution in [0.3, 0.4) is 0 Å². The minimum atomic E-state index is 0.0454. The standard InChI is InChI=1S/C21H31N3O3/c1-2-23(19-5-3-4-6-19)16-20(25)22-15-17-7-9-18(10-8-17)21(26)24-11-13-27-14-12-24/h7-10,19H,2-6,11-16H2,1H3,(H,22,25). The fourth-order valence-electron chi connectivity index (χ4n) is 3.92. The van der Waals surface area contributed by atoms with Crippen LogP contribution in [0.5, 0.6) is 0 Å². The second-order valence-corrected chi connectivity index (χ2v) is 7.38. The average molecular weight is 373 g/mol. The fourth-order valence-corrected chi connectivity index (χ4v) is 3.92. The van der Waals surface area contributed by atoms with Crippen molar-refractivity contribution in [2.45, 2.75) is 45.2 Å². The van der Waals surface area contributed by atoms with E-state index in [1.165, 1.54) is 25.7 Å². The zero-order chi connectivity index (χ0) is 19.1. The molecule has 0 bridgehead atoms. The van der Waals surface area contributed by atoms with Crippen molar-refractivity contribution in [3.05, 3.63) is 35.4 Å². The van der Waals surface area contributed by atoms with Crippen LogP contribution in [0.25, 0.3) is 0 Å². The number of likely N-dealkylation sites (N-methyl/N-ethyl adjacent to an activating group) is 1. The third-order valence-corrected chi connectivity index (χ3v) is 5.58. The molecule has 3 rings (SSSR count). The topological polar surface area (TPSA) is 61.9 Å². The number of carbonyl (C=O) groups is 2. The summed E-state index contributed by atoms with van der Waals surface area (Å²) in [5, 5.41) is 3.01. The second kappa shape index (κ2) is 9.85. The Balaban J connectivity index is 1.46. The number of carbonyl (C=O) groups excluding carboxylic acids is 2. The van der Waals surface area contributed by atoms with Gasteiger partial charge in [0.2, 0.25) is 5.91 Å². The number of ether oxygens (including phenoxy) is 1. The quantitative estimate of drug-likeness (QED) is 0.795. The van der Waals surface area contributed by atoms with Gasteiger partial charge in [0.25, 0.3) is 5.91 Å². The molecule has 1 aromatic carbocycles. The summed E-state index contributed by atoms with van der Waals surface area (Å²) in [6, 6.07) is 8.09. The van der Waals surface area contributed by atoms with Gasteiger partial charge in [-0.25, -0.2) is 0 Å². The molecule has 0 atom stereocenters. The van der Waals surface area contributed by atoms with Crippen molar-refractivity contribution in [2.75, 3.05) is 39.4 Å². The van der Waals surface area contributed by atoms with Crippen LogP contribution in [0.15, 0.2) is 24.3 Å². The molecule has 1 N–H and O–H groups in total. The Morgan fingerprint density at radius 1 is 1.15 bits per heavy atom. The number of benzene rings is 1. The van der Waals surface area contributed by atoms with E-state index in [4.69, 9.17) is 4.74 Å². The van der Waals surface area contributed by atoms with Gasteiger partial charge >= 0.3 is 0 Å². The van der Waals surface area contributed by atoms with Crippen LogP contribution < -0.4 is 5.32 Å². The molecular formula is C21H31N3O3.